The first-order valence-electron chi connectivity index (χ1n) is 6.60. The molecule has 0 amide bonds. The van der Waals surface area contributed by atoms with Gasteiger partial charge in [-0.3, -0.25) is 0 Å². The summed E-state index contributed by atoms with van der Waals surface area (Å²) in [6.45, 7) is 4.48. The normalized spacial score (nSPS) is 11.1. The fourth-order valence-corrected chi connectivity index (χ4v) is 1.94. The van der Waals surface area contributed by atoms with Crippen LogP contribution in [0.2, 0.25) is 0 Å². The molecule has 0 aliphatic carbocycles. The predicted molar refractivity (Wildman–Crippen MR) is 72.8 cm³/mol. The predicted octanol–water partition coefficient (Wildman–Crippen LogP) is 4.93. The van der Waals surface area contributed by atoms with Crippen molar-refractivity contribution in [1.29, 1.82) is 0 Å². The van der Waals surface area contributed by atoms with Crippen LogP contribution in [-0.4, -0.2) is 0 Å². The third-order valence-corrected chi connectivity index (χ3v) is 2.98. The third-order valence-electron chi connectivity index (χ3n) is 2.98. The molecule has 0 saturated heterocycles. The van der Waals surface area contributed by atoms with E-state index >= 15 is 0 Å². The lowest BCUT2D eigenvalue weighted by molar-refractivity contribution is 0.728. The number of rotatable bonds is 7. The average Bonchev–Trinajstić information content (AvgIpc) is 2.34. The molecule has 0 radical (unpaired) electrons. The monoisotopic (exact) mass is 216 g/mol. The van der Waals surface area contributed by atoms with Crippen molar-refractivity contribution in [2.75, 3.05) is 0 Å². The fourth-order valence-electron chi connectivity index (χ4n) is 1.94. The molecule has 0 aromatic heterocycles. The second-order valence-electron chi connectivity index (χ2n) is 4.29. The van der Waals surface area contributed by atoms with Gasteiger partial charge in [0.05, 0.1) is 0 Å². The quantitative estimate of drug-likeness (QED) is 0.448. The van der Waals surface area contributed by atoms with Crippen LogP contribution in [0, 0.1) is 0 Å². The molecule has 0 spiro atoms. The smallest absolute Gasteiger partial charge is 0.00947 e. The Morgan fingerprint density at radius 3 is 2.38 bits per heavy atom. The van der Waals surface area contributed by atoms with Crippen molar-refractivity contribution in [3.8, 4) is 0 Å². The minimum Gasteiger partial charge on any atom is -0.0882 e. The van der Waals surface area contributed by atoms with Crippen LogP contribution in [0.4, 0.5) is 0 Å². The molecule has 0 atom stereocenters. The first-order chi connectivity index (χ1) is 7.88. The highest BCUT2D eigenvalue weighted by atomic mass is 14.0. The molecule has 1 aromatic carbocycles. The van der Waals surface area contributed by atoms with E-state index in [1.165, 1.54) is 36.8 Å². The van der Waals surface area contributed by atoms with E-state index < -0.39 is 0 Å². The van der Waals surface area contributed by atoms with E-state index in [-0.39, 0.29) is 0 Å². The summed E-state index contributed by atoms with van der Waals surface area (Å²) in [5.74, 6) is 0. The molecule has 0 aliphatic rings. The molecule has 0 aliphatic heterocycles. The number of aryl methyl sites for hydroxylation is 1. The van der Waals surface area contributed by atoms with Gasteiger partial charge in [0.1, 0.15) is 0 Å². The largest absolute Gasteiger partial charge is 0.0882 e. The van der Waals surface area contributed by atoms with Gasteiger partial charge in [0.25, 0.3) is 0 Å². The summed E-state index contributed by atoms with van der Waals surface area (Å²) in [5, 5.41) is 0. The molecule has 0 heterocycles. The van der Waals surface area contributed by atoms with Crippen LogP contribution in [0.25, 0.3) is 0 Å². The fraction of sp³-hybridized carbons (Fsp3) is 0.500. The van der Waals surface area contributed by atoms with E-state index in [2.05, 4.69) is 50.3 Å². The van der Waals surface area contributed by atoms with Gasteiger partial charge < -0.3 is 0 Å². The molecule has 88 valence electrons. The Labute approximate surface area is 100 Å². The van der Waals surface area contributed by atoms with Crippen molar-refractivity contribution >= 4 is 0 Å². The Bertz CT molecular complexity index is 310. The van der Waals surface area contributed by atoms with Gasteiger partial charge in [-0.1, -0.05) is 63.1 Å². The van der Waals surface area contributed by atoms with Crippen molar-refractivity contribution in [2.45, 2.75) is 52.4 Å². The first-order valence-corrected chi connectivity index (χ1v) is 6.60. The van der Waals surface area contributed by atoms with Gasteiger partial charge in [-0.2, -0.15) is 0 Å². The first kappa shape index (κ1) is 13.0. The molecule has 0 unspecified atom stereocenters. The second-order valence-corrected chi connectivity index (χ2v) is 4.29. The molecule has 1 aromatic rings. The van der Waals surface area contributed by atoms with Crippen LogP contribution >= 0.6 is 0 Å². The topological polar surface area (TPSA) is 0 Å². The number of allylic oxidation sites excluding steroid dienone is 2. The zero-order valence-electron chi connectivity index (χ0n) is 10.7. The lowest BCUT2D eigenvalue weighted by atomic mass is 10.0. The van der Waals surface area contributed by atoms with Crippen LogP contribution in [0.5, 0.6) is 0 Å². The maximum atomic E-state index is 2.34. The van der Waals surface area contributed by atoms with Gasteiger partial charge in [0.2, 0.25) is 0 Å². The highest BCUT2D eigenvalue weighted by Gasteiger charge is 1.96. The van der Waals surface area contributed by atoms with E-state index in [0.29, 0.717) is 0 Å². The summed E-state index contributed by atoms with van der Waals surface area (Å²) in [6.07, 6.45) is 12.1. The highest BCUT2D eigenvalue weighted by molar-refractivity contribution is 5.28. The number of hydrogen-bond donors (Lipinski definition) is 0. The van der Waals surface area contributed by atoms with Crippen LogP contribution in [0.3, 0.4) is 0 Å². The molecule has 0 bridgehead atoms. The summed E-state index contributed by atoms with van der Waals surface area (Å²) in [5.41, 5.74) is 2.97. The van der Waals surface area contributed by atoms with E-state index in [1.54, 1.807) is 0 Å². The van der Waals surface area contributed by atoms with Crippen LogP contribution in [0.1, 0.15) is 50.7 Å². The summed E-state index contributed by atoms with van der Waals surface area (Å²) >= 11 is 0. The Hall–Kier alpha value is -1.04. The molecular formula is C16H24. The van der Waals surface area contributed by atoms with E-state index in [1.807, 2.05) is 0 Å². The minimum atomic E-state index is 1.09. The highest BCUT2D eigenvalue weighted by Crippen LogP contribution is 2.11. The van der Waals surface area contributed by atoms with Crippen molar-refractivity contribution in [3.63, 3.8) is 0 Å². The lowest BCUT2D eigenvalue weighted by Gasteiger charge is -2.04. The zero-order chi connectivity index (χ0) is 11.6. The summed E-state index contributed by atoms with van der Waals surface area (Å²) < 4.78 is 0. The van der Waals surface area contributed by atoms with Gasteiger partial charge in [-0.15, -0.1) is 0 Å². The molecule has 0 nitrogen and oxygen atoms in total. The maximum absolute atomic E-state index is 2.34. The molecule has 0 N–H and O–H groups in total. The van der Waals surface area contributed by atoms with Crippen molar-refractivity contribution in [1.82, 2.24) is 0 Å². The number of unbranched alkanes of at least 4 members (excludes halogenated alkanes) is 3. The van der Waals surface area contributed by atoms with Gasteiger partial charge in [0, 0.05) is 0 Å². The van der Waals surface area contributed by atoms with E-state index in [0.717, 1.165) is 12.8 Å². The molecular weight excluding hydrogens is 192 g/mol. The van der Waals surface area contributed by atoms with Crippen LogP contribution in [0.15, 0.2) is 36.4 Å². The van der Waals surface area contributed by atoms with Gasteiger partial charge in [-0.25, -0.2) is 0 Å². The Morgan fingerprint density at radius 1 is 0.938 bits per heavy atom. The Kier molecular flexibility index (Phi) is 6.64. The molecule has 0 heteroatoms. The second kappa shape index (κ2) is 8.15. The maximum Gasteiger partial charge on any atom is -0.00947 e. The Morgan fingerprint density at radius 2 is 1.69 bits per heavy atom. The van der Waals surface area contributed by atoms with Gasteiger partial charge >= 0.3 is 0 Å². The lowest BCUT2D eigenvalue weighted by Crippen LogP contribution is -1.89. The van der Waals surface area contributed by atoms with Crippen LogP contribution < -0.4 is 0 Å². The Balaban J connectivity index is 2.36. The summed E-state index contributed by atoms with van der Waals surface area (Å²) in [4.78, 5) is 0. The standard InChI is InChI=1S/C16H24/c1-3-5-6-7-8-9-13-16-14-11-10-12-15(16)4-2/h8-12,14H,3-7,13H2,1-2H3/b9-8+. The number of hydrogen-bond acceptors (Lipinski definition) is 0. The van der Waals surface area contributed by atoms with Crippen molar-refractivity contribution in [2.24, 2.45) is 0 Å². The van der Waals surface area contributed by atoms with Gasteiger partial charge in [0.15, 0.2) is 0 Å². The third kappa shape index (κ3) is 4.65. The molecule has 0 fully saturated rings. The SMILES string of the molecule is CCCCC/C=C/Cc1ccccc1CC. The summed E-state index contributed by atoms with van der Waals surface area (Å²) in [6, 6.07) is 8.75. The molecule has 0 saturated carbocycles. The average molecular weight is 216 g/mol. The minimum absolute atomic E-state index is 1.09. The van der Waals surface area contributed by atoms with Crippen molar-refractivity contribution < 1.29 is 0 Å². The van der Waals surface area contributed by atoms with Gasteiger partial charge in [-0.05, 0) is 36.8 Å². The zero-order valence-corrected chi connectivity index (χ0v) is 10.7. The number of benzene rings is 1. The molecule has 1 rings (SSSR count). The van der Waals surface area contributed by atoms with Crippen LogP contribution in [-0.2, 0) is 12.8 Å². The van der Waals surface area contributed by atoms with E-state index in [4.69, 9.17) is 0 Å². The van der Waals surface area contributed by atoms with E-state index in [9.17, 15) is 0 Å². The van der Waals surface area contributed by atoms with Crippen molar-refractivity contribution in [3.05, 3.63) is 47.5 Å². The molecule has 16 heavy (non-hydrogen) atoms. The summed E-state index contributed by atoms with van der Waals surface area (Å²) in [7, 11) is 0.